The molecule has 1 atom stereocenters. The molecule has 0 bridgehead atoms. The maximum atomic E-state index is 13.8. The maximum Gasteiger partial charge on any atom is 0.254 e. The summed E-state index contributed by atoms with van der Waals surface area (Å²) in [6, 6.07) is 15.4. The number of ether oxygens (including phenoxy) is 2. The molecular weight excluding hydrogens is 472 g/mol. The first-order valence-corrected chi connectivity index (χ1v) is 13.3. The first kappa shape index (κ1) is 25.8. The van der Waals surface area contributed by atoms with Gasteiger partial charge in [0.25, 0.3) is 5.91 Å². The van der Waals surface area contributed by atoms with Crippen molar-refractivity contribution in [1.29, 1.82) is 0 Å². The van der Waals surface area contributed by atoms with Gasteiger partial charge in [0, 0.05) is 23.5 Å². The van der Waals surface area contributed by atoms with Gasteiger partial charge < -0.3 is 19.3 Å². The smallest absolute Gasteiger partial charge is 0.254 e. The molecule has 2 aromatic carbocycles. The van der Waals surface area contributed by atoms with Crippen LogP contribution >= 0.6 is 11.3 Å². The van der Waals surface area contributed by atoms with Crippen LogP contribution in [0, 0.1) is 19.8 Å². The molecule has 0 radical (unpaired) electrons. The van der Waals surface area contributed by atoms with E-state index in [-0.39, 0.29) is 31.1 Å². The van der Waals surface area contributed by atoms with Crippen LogP contribution in [0.3, 0.4) is 0 Å². The Hall–Kier alpha value is -3.32. The molecule has 3 aromatic rings. The van der Waals surface area contributed by atoms with E-state index in [1.165, 1.54) is 0 Å². The van der Waals surface area contributed by atoms with Gasteiger partial charge in [0.1, 0.15) is 6.54 Å². The highest BCUT2D eigenvalue weighted by molar-refractivity contribution is 7.10. The predicted octanol–water partition coefficient (Wildman–Crippen LogP) is 5.81. The SMILES string of the molecule is CC[C@H](C)CN(CC(=O)N(Cc1ccc2c(c1)OCO2)Cc1sccc1C)C(=O)c1ccccc1C. The van der Waals surface area contributed by atoms with E-state index in [9.17, 15) is 9.59 Å². The molecule has 0 N–H and O–H groups in total. The fraction of sp³-hybridized carbons (Fsp3) is 0.379. The molecule has 190 valence electrons. The summed E-state index contributed by atoms with van der Waals surface area (Å²) < 4.78 is 11.0. The Balaban J connectivity index is 1.59. The molecule has 36 heavy (non-hydrogen) atoms. The number of nitrogens with zero attached hydrogens (tertiary/aromatic N) is 2. The van der Waals surface area contributed by atoms with Crippen molar-refractivity contribution >= 4 is 23.2 Å². The highest BCUT2D eigenvalue weighted by atomic mass is 32.1. The van der Waals surface area contributed by atoms with Crippen LogP contribution in [-0.4, -0.2) is 41.5 Å². The standard InChI is InChI=1S/C29H34N2O4S/c1-5-20(2)15-31(29(33)24-9-7-6-8-21(24)3)18-28(32)30(17-27-22(4)12-13-36-27)16-23-10-11-25-26(14-23)35-19-34-25/h6-14,20H,5,15-19H2,1-4H3/t20-/m0/s1. The predicted molar refractivity (Wildman–Crippen MR) is 142 cm³/mol. The number of hydrogen-bond acceptors (Lipinski definition) is 5. The van der Waals surface area contributed by atoms with Gasteiger partial charge in [-0.15, -0.1) is 11.3 Å². The third kappa shape index (κ3) is 6.08. The Morgan fingerprint density at radius 2 is 1.75 bits per heavy atom. The third-order valence-corrected chi connectivity index (χ3v) is 7.69. The van der Waals surface area contributed by atoms with E-state index in [0.717, 1.165) is 28.0 Å². The molecule has 0 unspecified atom stereocenters. The van der Waals surface area contributed by atoms with Crippen LogP contribution in [0.15, 0.2) is 53.9 Å². The Kier molecular flexibility index (Phi) is 8.31. The van der Waals surface area contributed by atoms with Gasteiger partial charge in [0.05, 0.1) is 6.54 Å². The van der Waals surface area contributed by atoms with E-state index in [2.05, 4.69) is 26.8 Å². The summed E-state index contributed by atoms with van der Waals surface area (Å²) in [5.41, 5.74) is 3.68. The highest BCUT2D eigenvalue weighted by Crippen LogP contribution is 2.33. The molecule has 0 saturated carbocycles. The Morgan fingerprint density at radius 1 is 0.972 bits per heavy atom. The van der Waals surface area contributed by atoms with E-state index < -0.39 is 0 Å². The second-order valence-electron chi connectivity index (χ2n) is 9.48. The number of carbonyl (C=O) groups is 2. The number of carbonyl (C=O) groups excluding carboxylic acids is 2. The quantitative estimate of drug-likeness (QED) is 0.348. The molecule has 0 aliphatic carbocycles. The van der Waals surface area contributed by atoms with Crippen molar-refractivity contribution < 1.29 is 19.1 Å². The number of amides is 2. The lowest BCUT2D eigenvalue weighted by molar-refractivity contribution is -0.133. The largest absolute Gasteiger partial charge is 0.454 e. The van der Waals surface area contributed by atoms with Gasteiger partial charge >= 0.3 is 0 Å². The minimum absolute atomic E-state index is 0.0342. The Bertz CT molecular complexity index is 1220. The van der Waals surface area contributed by atoms with E-state index in [1.807, 2.05) is 59.7 Å². The first-order chi connectivity index (χ1) is 17.4. The zero-order valence-electron chi connectivity index (χ0n) is 21.5. The molecule has 1 aromatic heterocycles. The number of hydrogen-bond donors (Lipinski definition) is 0. The van der Waals surface area contributed by atoms with E-state index in [0.29, 0.717) is 36.7 Å². The topological polar surface area (TPSA) is 59.1 Å². The molecule has 6 nitrogen and oxygen atoms in total. The molecule has 2 heterocycles. The van der Waals surface area contributed by atoms with Crippen molar-refractivity contribution in [2.75, 3.05) is 19.9 Å². The molecule has 1 aliphatic heterocycles. The van der Waals surface area contributed by atoms with Crippen molar-refractivity contribution in [3.63, 3.8) is 0 Å². The van der Waals surface area contributed by atoms with Gasteiger partial charge in [-0.1, -0.05) is 44.5 Å². The maximum absolute atomic E-state index is 13.8. The average Bonchev–Trinajstić information content (AvgIpc) is 3.51. The third-order valence-electron chi connectivity index (χ3n) is 6.68. The van der Waals surface area contributed by atoms with Gasteiger partial charge in [0.2, 0.25) is 12.7 Å². The van der Waals surface area contributed by atoms with Gasteiger partial charge in [0.15, 0.2) is 11.5 Å². The van der Waals surface area contributed by atoms with Crippen molar-refractivity contribution in [2.45, 2.75) is 47.2 Å². The number of fused-ring (bicyclic) bond motifs is 1. The van der Waals surface area contributed by atoms with E-state index in [1.54, 1.807) is 16.2 Å². The summed E-state index contributed by atoms with van der Waals surface area (Å²) in [5, 5.41) is 2.05. The zero-order valence-corrected chi connectivity index (χ0v) is 22.3. The van der Waals surface area contributed by atoms with Gasteiger partial charge in [-0.2, -0.15) is 0 Å². The van der Waals surface area contributed by atoms with Crippen LogP contribution in [0.4, 0.5) is 0 Å². The van der Waals surface area contributed by atoms with Gasteiger partial charge in [-0.25, -0.2) is 0 Å². The molecule has 0 spiro atoms. The molecular formula is C29H34N2O4S. The second-order valence-corrected chi connectivity index (χ2v) is 10.5. The second kappa shape index (κ2) is 11.6. The number of thiophene rings is 1. The fourth-order valence-electron chi connectivity index (χ4n) is 4.20. The normalized spacial score (nSPS) is 12.9. The van der Waals surface area contributed by atoms with E-state index in [4.69, 9.17) is 9.47 Å². The van der Waals surface area contributed by atoms with Crippen molar-refractivity contribution in [2.24, 2.45) is 5.92 Å². The molecule has 1 aliphatic rings. The minimum atomic E-state index is -0.0999. The van der Waals surface area contributed by atoms with Crippen LogP contribution in [0.1, 0.15) is 52.2 Å². The lowest BCUT2D eigenvalue weighted by Crippen LogP contribution is -2.44. The highest BCUT2D eigenvalue weighted by Gasteiger charge is 2.26. The van der Waals surface area contributed by atoms with Crippen LogP contribution in [0.2, 0.25) is 0 Å². The number of benzene rings is 2. The lowest BCUT2D eigenvalue weighted by atomic mass is 10.1. The summed E-state index contributed by atoms with van der Waals surface area (Å²) in [6.45, 7) is 9.90. The van der Waals surface area contributed by atoms with Crippen LogP contribution < -0.4 is 9.47 Å². The van der Waals surface area contributed by atoms with Crippen molar-refractivity contribution in [3.05, 3.63) is 81.0 Å². The van der Waals surface area contributed by atoms with Crippen LogP contribution in [0.5, 0.6) is 11.5 Å². The van der Waals surface area contributed by atoms with Crippen molar-refractivity contribution in [1.82, 2.24) is 9.80 Å². The average molecular weight is 507 g/mol. The van der Waals surface area contributed by atoms with E-state index >= 15 is 0 Å². The molecule has 4 rings (SSSR count). The number of aryl methyl sites for hydroxylation is 2. The Labute approximate surface area is 217 Å². The zero-order chi connectivity index (χ0) is 25.7. The summed E-state index contributed by atoms with van der Waals surface area (Å²) in [5.74, 6) is 1.52. The number of rotatable bonds is 10. The molecule has 0 fully saturated rings. The molecule has 0 saturated heterocycles. The molecule has 7 heteroatoms. The Morgan fingerprint density at radius 3 is 2.47 bits per heavy atom. The summed E-state index contributed by atoms with van der Waals surface area (Å²) >= 11 is 1.65. The van der Waals surface area contributed by atoms with Gasteiger partial charge in [-0.3, -0.25) is 9.59 Å². The summed E-state index contributed by atoms with van der Waals surface area (Å²) in [4.78, 5) is 32.1. The summed E-state index contributed by atoms with van der Waals surface area (Å²) in [6.07, 6.45) is 0.932. The first-order valence-electron chi connectivity index (χ1n) is 12.4. The molecule has 2 amide bonds. The van der Waals surface area contributed by atoms with Crippen LogP contribution in [0.25, 0.3) is 0 Å². The van der Waals surface area contributed by atoms with Gasteiger partial charge in [-0.05, 0) is 66.1 Å². The lowest BCUT2D eigenvalue weighted by Gasteiger charge is -2.30. The monoisotopic (exact) mass is 506 g/mol. The van der Waals surface area contributed by atoms with Crippen molar-refractivity contribution in [3.8, 4) is 11.5 Å². The summed E-state index contributed by atoms with van der Waals surface area (Å²) in [7, 11) is 0. The minimum Gasteiger partial charge on any atom is -0.454 e. The van der Waals surface area contributed by atoms with Crippen LogP contribution in [-0.2, 0) is 17.9 Å². The fourth-order valence-corrected chi connectivity index (χ4v) is 5.12.